The molecule has 1 saturated carbocycles. The summed E-state index contributed by atoms with van der Waals surface area (Å²) in [6, 6.07) is 0. The third kappa shape index (κ3) is 2.66. The standard InChI is InChI=1S/C16H19F/c1-13-10-11-16(13,2)12-15(17)14-8-6-4-3-5-7-9-14/h3-9,12-13H,10-11H2,1-2H3/b4-3-,5-3?,6-4?,7-5-,8-6-,9-7?,14-8?,14-9+,15-12+/t13?,16-/m1/s1. The van der Waals surface area contributed by atoms with Crippen molar-refractivity contribution in [3.8, 4) is 0 Å². The Hall–Kier alpha value is -1.37. The van der Waals surface area contributed by atoms with Crippen molar-refractivity contribution < 1.29 is 4.39 Å². The third-order valence-electron chi connectivity index (χ3n) is 3.97. The van der Waals surface area contributed by atoms with Gasteiger partial charge in [-0.25, -0.2) is 4.39 Å². The van der Waals surface area contributed by atoms with E-state index in [9.17, 15) is 4.39 Å². The molecule has 0 aromatic rings. The molecule has 17 heavy (non-hydrogen) atoms. The maximum absolute atomic E-state index is 14.2. The van der Waals surface area contributed by atoms with E-state index < -0.39 is 0 Å². The molecule has 0 heterocycles. The van der Waals surface area contributed by atoms with Gasteiger partial charge >= 0.3 is 0 Å². The van der Waals surface area contributed by atoms with Crippen LogP contribution >= 0.6 is 0 Å². The molecule has 1 fully saturated rings. The van der Waals surface area contributed by atoms with Crippen LogP contribution in [0, 0.1) is 11.3 Å². The summed E-state index contributed by atoms with van der Waals surface area (Å²) in [4.78, 5) is 0. The Balaban J connectivity index is 2.19. The quantitative estimate of drug-likeness (QED) is 0.634. The molecule has 0 aromatic heterocycles. The molecule has 1 unspecified atom stereocenters. The first kappa shape index (κ1) is 12.1. The predicted octanol–water partition coefficient (Wildman–Crippen LogP) is 4.88. The van der Waals surface area contributed by atoms with E-state index in [1.807, 2.05) is 42.5 Å². The van der Waals surface area contributed by atoms with Gasteiger partial charge in [0.15, 0.2) is 0 Å². The Bertz CT molecular complexity index is 434. The summed E-state index contributed by atoms with van der Waals surface area (Å²) in [5.41, 5.74) is 0.701. The molecule has 0 aromatic carbocycles. The molecule has 1 heteroatoms. The average Bonchev–Trinajstić information content (AvgIpc) is 2.26. The first-order valence-electron chi connectivity index (χ1n) is 6.22. The van der Waals surface area contributed by atoms with E-state index in [0.29, 0.717) is 11.5 Å². The Morgan fingerprint density at radius 2 is 2.00 bits per heavy atom. The Kier molecular flexibility index (Phi) is 3.46. The lowest BCUT2D eigenvalue weighted by atomic mass is 9.62. The van der Waals surface area contributed by atoms with Gasteiger partial charge in [0.1, 0.15) is 5.83 Å². The predicted molar refractivity (Wildman–Crippen MR) is 71.2 cm³/mol. The fraction of sp³-hybridized carbons (Fsp3) is 0.375. The molecule has 0 saturated heterocycles. The largest absolute Gasteiger partial charge is 0.207 e. The van der Waals surface area contributed by atoms with Crippen LogP contribution in [-0.4, -0.2) is 0 Å². The van der Waals surface area contributed by atoms with Gasteiger partial charge in [0.25, 0.3) is 0 Å². The zero-order valence-electron chi connectivity index (χ0n) is 10.5. The zero-order valence-corrected chi connectivity index (χ0v) is 10.5. The summed E-state index contributed by atoms with van der Waals surface area (Å²) in [5, 5.41) is 0. The van der Waals surface area contributed by atoms with Crippen LogP contribution in [-0.2, 0) is 0 Å². The second-order valence-electron chi connectivity index (χ2n) is 5.19. The molecule has 0 amide bonds. The summed E-state index contributed by atoms with van der Waals surface area (Å²) >= 11 is 0. The minimum Gasteiger partial charge on any atom is -0.207 e. The van der Waals surface area contributed by atoms with Crippen molar-refractivity contribution in [3.63, 3.8) is 0 Å². The van der Waals surface area contributed by atoms with E-state index in [2.05, 4.69) is 13.8 Å². The van der Waals surface area contributed by atoms with Crippen LogP contribution in [0.3, 0.4) is 0 Å². The number of hydrogen-bond donors (Lipinski definition) is 0. The van der Waals surface area contributed by atoms with E-state index in [1.54, 1.807) is 6.08 Å². The molecule has 0 radical (unpaired) electrons. The monoisotopic (exact) mass is 230 g/mol. The highest BCUT2D eigenvalue weighted by Crippen LogP contribution is 2.48. The van der Waals surface area contributed by atoms with Crippen molar-refractivity contribution in [2.45, 2.75) is 26.7 Å². The van der Waals surface area contributed by atoms with E-state index in [0.717, 1.165) is 6.42 Å². The first-order chi connectivity index (χ1) is 8.12. The summed E-state index contributed by atoms with van der Waals surface area (Å²) in [7, 11) is 0. The van der Waals surface area contributed by atoms with E-state index >= 15 is 0 Å². The molecular formula is C16H19F. The van der Waals surface area contributed by atoms with Crippen LogP contribution < -0.4 is 0 Å². The van der Waals surface area contributed by atoms with Crippen molar-refractivity contribution in [1.29, 1.82) is 0 Å². The molecular weight excluding hydrogens is 211 g/mol. The van der Waals surface area contributed by atoms with Gasteiger partial charge in [0.05, 0.1) is 0 Å². The number of rotatable bonds is 2. The molecule has 2 aliphatic rings. The van der Waals surface area contributed by atoms with Gasteiger partial charge in [0.2, 0.25) is 0 Å². The summed E-state index contributed by atoms with van der Waals surface area (Å²) in [5.74, 6) is 0.483. The van der Waals surface area contributed by atoms with Crippen LogP contribution in [0.15, 0.2) is 60.0 Å². The van der Waals surface area contributed by atoms with Crippen LogP contribution in [0.1, 0.15) is 26.7 Å². The fourth-order valence-electron chi connectivity index (χ4n) is 2.20. The Morgan fingerprint density at radius 3 is 2.65 bits per heavy atom. The van der Waals surface area contributed by atoms with Crippen molar-refractivity contribution in [3.05, 3.63) is 60.0 Å². The minimum atomic E-state index is -0.102. The van der Waals surface area contributed by atoms with Gasteiger partial charge < -0.3 is 0 Å². The summed E-state index contributed by atoms with van der Waals surface area (Å²) < 4.78 is 14.2. The average molecular weight is 230 g/mol. The summed E-state index contributed by atoms with van der Waals surface area (Å²) in [6.07, 6.45) is 17.2. The lowest BCUT2D eigenvalue weighted by Gasteiger charge is -2.43. The van der Waals surface area contributed by atoms with Gasteiger partial charge in [-0.05, 0) is 30.3 Å². The highest BCUT2D eigenvalue weighted by atomic mass is 19.1. The number of halogens is 1. The van der Waals surface area contributed by atoms with Crippen molar-refractivity contribution in [2.75, 3.05) is 0 Å². The maximum atomic E-state index is 14.2. The first-order valence-corrected chi connectivity index (χ1v) is 6.22. The van der Waals surface area contributed by atoms with Gasteiger partial charge in [-0.3, -0.25) is 0 Å². The molecule has 0 spiro atoms. The maximum Gasteiger partial charge on any atom is 0.127 e. The smallest absolute Gasteiger partial charge is 0.127 e. The minimum absolute atomic E-state index is 0.0423. The topological polar surface area (TPSA) is 0 Å². The highest BCUT2D eigenvalue weighted by Gasteiger charge is 2.38. The van der Waals surface area contributed by atoms with Crippen molar-refractivity contribution >= 4 is 0 Å². The molecule has 0 aliphatic heterocycles. The van der Waals surface area contributed by atoms with Crippen molar-refractivity contribution in [1.82, 2.24) is 0 Å². The van der Waals surface area contributed by atoms with Gasteiger partial charge in [0, 0.05) is 5.57 Å². The summed E-state index contributed by atoms with van der Waals surface area (Å²) in [6.45, 7) is 4.34. The second-order valence-corrected chi connectivity index (χ2v) is 5.19. The molecule has 90 valence electrons. The molecule has 0 N–H and O–H groups in total. The van der Waals surface area contributed by atoms with Crippen molar-refractivity contribution in [2.24, 2.45) is 11.3 Å². The van der Waals surface area contributed by atoms with E-state index in [-0.39, 0.29) is 11.2 Å². The molecule has 2 rings (SSSR count). The Labute approximate surface area is 103 Å². The van der Waals surface area contributed by atoms with Crippen LogP contribution in [0.4, 0.5) is 4.39 Å². The van der Waals surface area contributed by atoms with Crippen LogP contribution in [0.25, 0.3) is 0 Å². The fourth-order valence-corrected chi connectivity index (χ4v) is 2.20. The third-order valence-corrected chi connectivity index (χ3v) is 3.97. The van der Waals surface area contributed by atoms with E-state index in [4.69, 9.17) is 0 Å². The van der Waals surface area contributed by atoms with Gasteiger partial charge in [-0.15, -0.1) is 0 Å². The highest BCUT2D eigenvalue weighted by molar-refractivity contribution is 5.42. The van der Waals surface area contributed by atoms with Gasteiger partial charge in [-0.2, -0.15) is 0 Å². The lowest BCUT2D eigenvalue weighted by molar-refractivity contribution is 0.122. The SMILES string of the molecule is CC1CC[C@]1(C)\C=C(F)/C1=C/C=C\C=C/C=C\1. The molecule has 0 nitrogen and oxygen atoms in total. The van der Waals surface area contributed by atoms with Crippen LogP contribution in [0.2, 0.25) is 0 Å². The van der Waals surface area contributed by atoms with Crippen LogP contribution in [0.5, 0.6) is 0 Å². The normalized spacial score (nSPS) is 41.5. The lowest BCUT2D eigenvalue weighted by Crippen LogP contribution is -2.33. The molecule has 2 atom stereocenters. The Morgan fingerprint density at radius 1 is 1.29 bits per heavy atom. The molecule has 0 bridgehead atoms. The number of allylic oxidation sites excluding steroid dienone is 10. The second kappa shape index (κ2) is 4.87. The molecule has 2 aliphatic carbocycles. The van der Waals surface area contributed by atoms with E-state index in [1.165, 1.54) is 6.42 Å². The van der Waals surface area contributed by atoms with Gasteiger partial charge in [-0.1, -0.05) is 56.4 Å². The zero-order chi connectivity index (χ0) is 12.3. The number of hydrogen-bond acceptors (Lipinski definition) is 0.